The van der Waals surface area contributed by atoms with Crippen molar-refractivity contribution in [2.75, 3.05) is 16.0 Å². The lowest BCUT2D eigenvalue weighted by molar-refractivity contribution is -0.117. The van der Waals surface area contributed by atoms with Crippen molar-refractivity contribution in [3.8, 4) is 0 Å². The Bertz CT molecular complexity index is 819. The van der Waals surface area contributed by atoms with E-state index in [1.54, 1.807) is 6.92 Å². The molecular formula is C17H27N11O3. The maximum Gasteiger partial charge on any atom is 0.236 e. The van der Waals surface area contributed by atoms with Crippen LogP contribution in [0.5, 0.6) is 0 Å². The van der Waals surface area contributed by atoms with Gasteiger partial charge in [0.15, 0.2) is 0 Å². The van der Waals surface area contributed by atoms with Gasteiger partial charge in [-0.2, -0.15) is 15.0 Å². The molecule has 0 saturated heterocycles. The van der Waals surface area contributed by atoms with Gasteiger partial charge in [-0.05, 0) is 19.8 Å². The van der Waals surface area contributed by atoms with Gasteiger partial charge in [0.25, 0.3) is 0 Å². The highest BCUT2D eigenvalue weighted by atomic mass is 16.2. The van der Waals surface area contributed by atoms with Crippen LogP contribution in [0, 0.1) is 16.2 Å². The number of hydrogen-bond acceptors (Lipinski definition) is 9. The van der Waals surface area contributed by atoms with Crippen LogP contribution in [0.3, 0.4) is 0 Å². The Balaban J connectivity index is 2.92. The topological polar surface area (TPSA) is 250 Å². The second-order valence-electron chi connectivity index (χ2n) is 6.64. The van der Waals surface area contributed by atoms with Crippen molar-refractivity contribution in [2.45, 2.75) is 51.9 Å². The number of anilines is 3. The van der Waals surface area contributed by atoms with Gasteiger partial charge >= 0.3 is 0 Å². The molecule has 0 spiro atoms. The van der Waals surface area contributed by atoms with Crippen molar-refractivity contribution in [1.82, 2.24) is 15.0 Å². The van der Waals surface area contributed by atoms with Gasteiger partial charge in [0.2, 0.25) is 35.6 Å². The van der Waals surface area contributed by atoms with Gasteiger partial charge in [-0.3, -0.25) is 41.2 Å². The Kier molecular flexibility index (Phi) is 10.2. The molecule has 0 aliphatic heterocycles. The Hall–Kier alpha value is -3.97. The van der Waals surface area contributed by atoms with Crippen LogP contribution < -0.4 is 27.4 Å². The van der Waals surface area contributed by atoms with E-state index in [4.69, 9.17) is 27.7 Å². The normalized spacial score (nSPS) is 10.1. The molecule has 31 heavy (non-hydrogen) atoms. The molecule has 1 aromatic rings. The Labute approximate surface area is 178 Å². The largest absolute Gasteiger partial charge is 0.388 e. The number of aromatic nitrogens is 3. The summed E-state index contributed by atoms with van der Waals surface area (Å²) in [6, 6.07) is 0. The van der Waals surface area contributed by atoms with Crippen LogP contribution in [0.2, 0.25) is 0 Å². The fraction of sp³-hybridized carbons (Fsp3) is 0.471. The standard InChI is InChI=1S/C17H27N11O3/c1-9(18)5-7-13(30)24-16-26-15(23-12(29)4-2-3-10(19)20)27-17(28-16)25-14(31)8-6-11(21)22/h18H,2-8H2,1H3,(H3,19,20)(H3,21,22)(H3,23,24,25,26,27,28,29,30,31). The molecule has 0 bridgehead atoms. The van der Waals surface area contributed by atoms with E-state index in [0.717, 1.165) is 0 Å². The average Bonchev–Trinajstić information content (AvgIpc) is 2.64. The Morgan fingerprint density at radius 2 is 1.06 bits per heavy atom. The highest BCUT2D eigenvalue weighted by molar-refractivity contribution is 5.95. The highest BCUT2D eigenvalue weighted by Crippen LogP contribution is 2.12. The van der Waals surface area contributed by atoms with Crippen LogP contribution in [0.25, 0.3) is 0 Å². The lowest BCUT2D eigenvalue weighted by atomic mass is 10.2. The second-order valence-corrected chi connectivity index (χ2v) is 6.64. The average molecular weight is 433 g/mol. The zero-order chi connectivity index (χ0) is 23.4. The Morgan fingerprint density at radius 1 is 0.677 bits per heavy atom. The molecule has 14 nitrogen and oxygen atoms in total. The number of carbonyl (C=O) groups excluding carboxylic acids is 3. The van der Waals surface area contributed by atoms with Crippen molar-refractivity contribution in [3.05, 3.63) is 0 Å². The fourth-order valence-electron chi connectivity index (χ4n) is 2.09. The van der Waals surface area contributed by atoms with E-state index in [0.29, 0.717) is 12.1 Å². The zero-order valence-electron chi connectivity index (χ0n) is 17.2. The van der Waals surface area contributed by atoms with Crippen molar-refractivity contribution in [2.24, 2.45) is 11.5 Å². The van der Waals surface area contributed by atoms with Crippen molar-refractivity contribution in [3.63, 3.8) is 0 Å². The summed E-state index contributed by atoms with van der Waals surface area (Å²) in [4.78, 5) is 47.9. The summed E-state index contributed by atoms with van der Waals surface area (Å²) in [5.41, 5.74) is 10.8. The predicted octanol–water partition coefficient (Wildman–Crippen LogP) is 0.329. The molecule has 14 heteroatoms. The number of nitrogens with two attached hydrogens (primary N) is 2. The van der Waals surface area contributed by atoms with E-state index >= 15 is 0 Å². The summed E-state index contributed by atoms with van der Waals surface area (Å²) in [7, 11) is 0. The van der Waals surface area contributed by atoms with E-state index in [2.05, 4.69) is 30.9 Å². The zero-order valence-corrected chi connectivity index (χ0v) is 17.2. The van der Waals surface area contributed by atoms with E-state index in [1.807, 2.05) is 0 Å². The Morgan fingerprint density at radius 3 is 1.45 bits per heavy atom. The molecule has 0 atom stereocenters. The first kappa shape index (κ1) is 25.1. The van der Waals surface area contributed by atoms with Crippen molar-refractivity contribution >= 4 is 52.9 Å². The summed E-state index contributed by atoms with van der Waals surface area (Å²) in [6.45, 7) is 1.57. The van der Waals surface area contributed by atoms with Gasteiger partial charge in [-0.15, -0.1) is 0 Å². The molecule has 0 saturated carbocycles. The van der Waals surface area contributed by atoms with Crippen LogP contribution in [0.1, 0.15) is 51.9 Å². The number of amidine groups is 2. The quantitative estimate of drug-likeness (QED) is 0.158. The third-order valence-electron chi connectivity index (χ3n) is 3.59. The van der Waals surface area contributed by atoms with Crippen LogP contribution in [0.15, 0.2) is 0 Å². The molecule has 0 unspecified atom stereocenters. The minimum atomic E-state index is -0.517. The first-order valence-electron chi connectivity index (χ1n) is 9.40. The molecule has 1 heterocycles. The van der Waals surface area contributed by atoms with Crippen LogP contribution in [-0.4, -0.2) is 50.1 Å². The molecular weight excluding hydrogens is 406 g/mol. The lowest BCUT2D eigenvalue weighted by Gasteiger charge is -2.10. The summed E-state index contributed by atoms with van der Waals surface area (Å²) in [5, 5.41) is 29.0. The van der Waals surface area contributed by atoms with Gasteiger partial charge in [0.1, 0.15) is 0 Å². The predicted molar refractivity (Wildman–Crippen MR) is 115 cm³/mol. The van der Waals surface area contributed by atoms with Gasteiger partial charge in [-0.25, -0.2) is 0 Å². The smallest absolute Gasteiger partial charge is 0.236 e. The highest BCUT2D eigenvalue weighted by Gasteiger charge is 2.14. The first-order valence-corrected chi connectivity index (χ1v) is 9.40. The molecule has 3 amide bonds. The summed E-state index contributed by atoms with van der Waals surface area (Å²) < 4.78 is 0. The van der Waals surface area contributed by atoms with Crippen molar-refractivity contribution < 1.29 is 14.4 Å². The van der Waals surface area contributed by atoms with Gasteiger partial charge in [-0.1, -0.05) is 0 Å². The summed E-state index contributed by atoms with van der Waals surface area (Å²) >= 11 is 0. The lowest BCUT2D eigenvalue weighted by Crippen LogP contribution is -2.22. The first-order chi connectivity index (χ1) is 14.5. The number of nitrogens with one attached hydrogen (secondary N) is 6. The molecule has 0 radical (unpaired) electrons. The third-order valence-corrected chi connectivity index (χ3v) is 3.59. The van der Waals surface area contributed by atoms with Gasteiger partial charge in [0.05, 0.1) is 11.7 Å². The maximum absolute atomic E-state index is 12.1. The molecule has 10 N–H and O–H groups in total. The van der Waals surface area contributed by atoms with E-state index in [9.17, 15) is 14.4 Å². The molecule has 168 valence electrons. The molecule has 0 aliphatic rings. The molecule has 0 aliphatic carbocycles. The maximum atomic E-state index is 12.1. The van der Waals surface area contributed by atoms with Crippen LogP contribution in [-0.2, 0) is 14.4 Å². The van der Waals surface area contributed by atoms with Gasteiger partial charge in [0, 0.05) is 37.8 Å². The molecule has 1 aromatic heterocycles. The minimum Gasteiger partial charge on any atom is -0.388 e. The summed E-state index contributed by atoms with van der Waals surface area (Å²) in [6.07, 6.45) is 0.936. The van der Waals surface area contributed by atoms with E-state index < -0.39 is 17.7 Å². The monoisotopic (exact) mass is 433 g/mol. The molecule has 1 rings (SSSR count). The van der Waals surface area contributed by atoms with Gasteiger partial charge < -0.3 is 16.9 Å². The number of carbonyl (C=O) groups is 3. The number of nitrogens with zero attached hydrogens (tertiary/aromatic N) is 3. The van der Waals surface area contributed by atoms with Crippen LogP contribution in [0.4, 0.5) is 17.8 Å². The van der Waals surface area contributed by atoms with Crippen LogP contribution >= 0.6 is 0 Å². The summed E-state index contributed by atoms with van der Waals surface area (Å²) in [5.74, 6) is -2.19. The fourth-order valence-corrected chi connectivity index (χ4v) is 2.09. The SMILES string of the molecule is CC(=N)CCC(=O)Nc1nc(NC(=O)CCCC(=N)N)nc(NC(=O)CCC(=N)N)n1. The third kappa shape index (κ3) is 11.6. The van der Waals surface area contributed by atoms with E-state index in [1.165, 1.54) is 0 Å². The molecule has 0 fully saturated rings. The number of amides is 3. The minimum absolute atomic E-state index is 0.0336. The number of hydrogen-bond donors (Lipinski definition) is 8. The number of rotatable bonds is 13. The van der Waals surface area contributed by atoms with Crippen molar-refractivity contribution in [1.29, 1.82) is 16.2 Å². The molecule has 0 aromatic carbocycles. The second kappa shape index (κ2) is 12.6. The van der Waals surface area contributed by atoms with E-state index in [-0.39, 0.29) is 68.0 Å².